The lowest BCUT2D eigenvalue weighted by Crippen LogP contribution is -2.23. The number of carbonyl (C=O) groups excluding carboxylic acids is 1. The van der Waals surface area contributed by atoms with Crippen LogP contribution in [0, 0.1) is 6.92 Å². The number of hydrogen-bond acceptors (Lipinski definition) is 5. The molecule has 3 rings (SSSR count). The molecule has 0 aliphatic heterocycles. The van der Waals surface area contributed by atoms with Crippen LogP contribution < -0.4 is 11.1 Å². The fourth-order valence-electron chi connectivity index (χ4n) is 3.23. The first-order valence-corrected chi connectivity index (χ1v) is 9.14. The second-order valence-corrected chi connectivity index (χ2v) is 6.51. The third kappa shape index (κ3) is 4.14. The largest absolute Gasteiger partial charge is 0.465 e. The second-order valence-electron chi connectivity index (χ2n) is 6.51. The number of ether oxygens (including phenoxy) is 1. The molecule has 0 unspecified atom stereocenters. The number of aryl methyl sites for hydroxylation is 3. The number of anilines is 1. The van der Waals surface area contributed by atoms with Gasteiger partial charge in [0.05, 0.1) is 23.1 Å². The number of nitrogens with two attached hydrogens (primary N) is 1. The Hall–Kier alpha value is -2.80. The standard InChI is InChI=1S/C20H26N4O3/c1-4-18-23-17-11-14(21)10-16(19(17)24(18)8-5-9-26-3)20(25)22-12-15-7-6-13(2)27-15/h6-7,10-11H,4-5,8-9,12,21H2,1-3H3,(H,22,25). The molecule has 1 aromatic carbocycles. The molecule has 0 bridgehead atoms. The van der Waals surface area contributed by atoms with E-state index in [1.165, 1.54) is 0 Å². The molecule has 0 saturated heterocycles. The summed E-state index contributed by atoms with van der Waals surface area (Å²) in [7, 11) is 1.68. The van der Waals surface area contributed by atoms with Crippen LogP contribution in [0.4, 0.5) is 5.69 Å². The summed E-state index contributed by atoms with van der Waals surface area (Å²) in [5.41, 5.74) is 8.62. The van der Waals surface area contributed by atoms with Gasteiger partial charge in [0.15, 0.2) is 0 Å². The van der Waals surface area contributed by atoms with Crippen molar-refractivity contribution in [2.24, 2.45) is 0 Å². The van der Waals surface area contributed by atoms with Crippen LogP contribution in [0.25, 0.3) is 11.0 Å². The number of hydrogen-bond donors (Lipinski definition) is 2. The maximum Gasteiger partial charge on any atom is 0.253 e. The highest BCUT2D eigenvalue weighted by Gasteiger charge is 2.19. The molecule has 0 atom stereocenters. The van der Waals surface area contributed by atoms with E-state index in [9.17, 15) is 4.79 Å². The minimum absolute atomic E-state index is 0.197. The van der Waals surface area contributed by atoms with Gasteiger partial charge in [-0.2, -0.15) is 0 Å². The third-order valence-corrected chi connectivity index (χ3v) is 4.45. The van der Waals surface area contributed by atoms with Crippen LogP contribution in [0.2, 0.25) is 0 Å². The van der Waals surface area contributed by atoms with Gasteiger partial charge in [0, 0.05) is 32.4 Å². The van der Waals surface area contributed by atoms with Gasteiger partial charge in [0.2, 0.25) is 0 Å². The van der Waals surface area contributed by atoms with Crippen molar-refractivity contribution in [1.82, 2.24) is 14.9 Å². The number of benzene rings is 1. The summed E-state index contributed by atoms with van der Waals surface area (Å²) >= 11 is 0. The fraction of sp³-hybridized carbons (Fsp3) is 0.400. The lowest BCUT2D eigenvalue weighted by Gasteiger charge is -2.12. The number of rotatable bonds is 8. The topological polar surface area (TPSA) is 95.3 Å². The Balaban J connectivity index is 1.94. The van der Waals surface area contributed by atoms with Gasteiger partial charge in [-0.15, -0.1) is 0 Å². The Kier molecular flexibility index (Phi) is 5.81. The number of methoxy groups -OCH3 is 1. The first-order valence-electron chi connectivity index (χ1n) is 9.14. The van der Waals surface area contributed by atoms with Gasteiger partial charge in [-0.1, -0.05) is 6.92 Å². The molecule has 2 aromatic heterocycles. The van der Waals surface area contributed by atoms with Gasteiger partial charge in [-0.25, -0.2) is 4.98 Å². The summed E-state index contributed by atoms with van der Waals surface area (Å²) in [4.78, 5) is 17.6. The van der Waals surface area contributed by atoms with Crippen molar-refractivity contribution in [3.05, 3.63) is 47.2 Å². The summed E-state index contributed by atoms with van der Waals surface area (Å²) in [6.07, 6.45) is 1.61. The number of carbonyl (C=O) groups is 1. The van der Waals surface area contributed by atoms with Crippen LogP contribution in [0.15, 0.2) is 28.7 Å². The van der Waals surface area contributed by atoms with Crippen molar-refractivity contribution >= 4 is 22.6 Å². The quantitative estimate of drug-likeness (QED) is 0.469. The summed E-state index contributed by atoms with van der Waals surface area (Å²) in [6, 6.07) is 7.25. The number of nitrogen functional groups attached to an aromatic ring is 1. The highest BCUT2D eigenvalue weighted by atomic mass is 16.5. The van der Waals surface area contributed by atoms with Crippen LogP contribution >= 0.6 is 0 Å². The van der Waals surface area contributed by atoms with Crippen molar-refractivity contribution in [3.8, 4) is 0 Å². The summed E-state index contributed by atoms with van der Waals surface area (Å²) < 4.78 is 12.8. The van der Waals surface area contributed by atoms with Crippen LogP contribution in [0.1, 0.15) is 41.0 Å². The van der Waals surface area contributed by atoms with Gasteiger partial charge < -0.3 is 24.8 Å². The molecule has 144 valence electrons. The van der Waals surface area contributed by atoms with Gasteiger partial charge >= 0.3 is 0 Å². The molecule has 0 aliphatic carbocycles. The molecule has 0 spiro atoms. The number of furan rings is 1. The van der Waals surface area contributed by atoms with E-state index in [-0.39, 0.29) is 5.91 Å². The zero-order valence-electron chi connectivity index (χ0n) is 16.0. The zero-order valence-corrected chi connectivity index (χ0v) is 16.0. The van der Waals surface area contributed by atoms with Crippen molar-refractivity contribution in [2.75, 3.05) is 19.5 Å². The zero-order chi connectivity index (χ0) is 19.4. The molecular weight excluding hydrogens is 344 g/mol. The van der Waals surface area contributed by atoms with E-state index in [0.717, 1.165) is 42.0 Å². The summed E-state index contributed by atoms with van der Waals surface area (Å²) in [5.74, 6) is 2.26. The van der Waals surface area contributed by atoms with E-state index in [0.29, 0.717) is 30.2 Å². The first kappa shape index (κ1) is 19.0. The molecule has 1 amide bonds. The maximum atomic E-state index is 12.9. The number of fused-ring (bicyclic) bond motifs is 1. The Labute approximate surface area is 158 Å². The van der Waals surface area contributed by atoms with Crippen LogP contribution in [0.3, 0.4) is 0 Å². The minimum atomic E-state index is -0.197. The predicted molar refractivity (Wildman–Crippen MR) is 105 cm³/mol. The van der Waals surface area contributed by atoms with E-state index in [2.05, 4.69) is 21.8 Å². The number of amides is 1. The Morgan fingerprint density at radius 2 is 2.19 bits per heavy atom. The molecular formula is C20H26N4O3. The van der Waals surface area contributed by atoms with Gasteiger partial charge in [-0.05, 0) is 37.6 Å². The van der Waals surface area contributed by atoms with E-state index in [1.54, 1.807) is 13.2 Å². The molecule has 27 heavy (non-hydrogen) atoms. The number of nitrogens with zero attached hydrogens (tertiary/aromatic N) is 2. The van der Waals surface area contributed by atoms with E-state index in [4.69, 9.17) is 14.9 Å². The van der Waals surface area contributed by atoms with Crippen molar-refractivity contribution in [2.45, 2.75) is 39.8 Å². The molecule has 0 saturated carbocycles. The predicted octanol–water partition coefficient (Wildman–Crippen LogP) is 3.05. The molecule has 7 nitrogen and oxygen atoms in total. The van der Waals surface area contributed by atoms with Crippen molar-refractivity contribution < 1.29 is 13.9 Å². The van der Waals surface area contributed by atoms with Crippen molar-refractivity contribution in [3.63, 3.8) is 0 Å². The Morgan fingerprint density at radius 1 is 1.37 bits per heavy atom. The van der Waals surface area contributed by atoms with E-state index >= 15 is 0 Å². The van der Waals surface area contributed by atoms with Crippen molar-refractivity contribution in [1.29, 1.82) is 0 Å². The van der Waals surface area contributed by atoms with E-state index < -0.39 is 0 Å². The van der Waals surface area contributed by atoms with Crippen LogP contribution in [0.5, 0.6) is 0 Å². The van der Waals surface area contributed by atoms with Gasteiger partial charge in [-0.3, -0.25) is 4.79 Å². The molecule has 0 radical (unpaired) electrons. The lowest BCUT2D eigenvalue weighted by atomic mass is 10.1. The number of aromatic nitrogens is 2. The average molecular weight is 370 g/mol. The average Bonchev–Trinajstić information content (AvgIpc) is 3.22. The molecule has 2 heterocycles. The lowest BCUT2D eigenvalue weighted by molar-refractivity contribution is 0.0949. The minimum Gasteiger partial charge on any atom is -0.465 e. The van der Waals surface area contributed by atoms with E-state index in [1.807, 2.05) is 25.1 Å². The SMILES string of the molecule is CCc1nc2cc(N)cc(C(=O)NCc3ccc(C)o3)c2n1CCCOC. The van der Waals surface area contributed by atoms with Gasteiger partial charge in [0.25, 0.3) is 5.91 Å². The fourth-order valence-corrected chi connectivity index (χ4v) is 3.23. The summed E-state index contributed by atoms with van der Waals surface area (Å²) in [5, 5.41) is 2.92. The van der Waals surface area contributed by atoms with Crippen LogP contribution in [-0.4, -0.2) is 29.2 Å². The Morgan fingerprint density at radius 3 is 2.85 bits per heavy atom. The Bertz CT molecular complexity index is 942. The molecule has 0 fully saturated rings. The molecule has 0 aliphatic rings. The maximum absolute atomic E-state index is 12.9. The highest BCUT2D eigenvalue weighted by molar-refractivity contribution is 6.06. The molecule has 3 aromatic rings. The number of imidazole rings is 1. The molecule has 3 N–H and O–H groups in total. The molecule has 7 heteroatoms. The highest BCUT2D eigenvalue weighted by Crippen LogP contribution is 2.25. The third-order valence-electron chi connectivity index (χ3n) is 4.45. The number of nitrogens with one attached hydrogen (secondary N) is 1. The summed E-state index contributed by atoms with van der Waals surface area (Å²) in [6.45, 7) is 5.63. The first-order chi connectivity index (χ1) is 13.0. The smallest absolute Gasteiger partial charge is 0.253 e. The van der Waals surface area contributed by atoms with Crippen LogP contribution in [-0.2, 0) is 24.2 Å². The normalized spacial score (nSPS) is 11.2. The van der Waals surface area contributed by atoms with Gasteiger partial charge in [0.1, 0.15) is 17.3 Å². The second kappa shape index (κ2) is 8.26. The monoisotopic (exact) mass is 370 g/mol.